The summed E-state index contributed by atoms with van der Waals surface area (Å²) in [7, 11) is 0. The molecule has 3 aromatic carbocycles. The van der Waals surface area contributed by atoms with Gasteiger partial charge in [0.1, 0.15) is 6.61 Å². The number of rotatable bonds is 5. The predicted molar refractivity (Wildman–Crippen MR) is 131 cm³/mol. The van der Waals surface area contributed by atoms with Crippen LogP contribution >= 0.6 is 0 Å². The maximum absolute atomic E-state index is 13.5. The molecule has 0 aromatic heterocycles. The number of nitrogens with one attached hydrogen (secondary N) is 1. The van der Waals surface area contributed by atoms with Gasteiger partial charge in [-0.15, -0.1) is 0 Å². The second-order valence-corrected chi connectivity index (χ2v) is 8.82. The first-order valence-corrected chi connectivity index (χ1v) is 11.9. The van der Waals surface area contributed by atoms with Crippen molar-refractivity contribution in [3.63, 3.8) is 0 Å². The number of nitrogens with zero attached hydrogens (tertiary/aromatic N) is 2. The maximum Gasteiger partial charge on any atom is 0.410 e. The van der Waals surface area contributed by atoms with Crippen LogP contribution in [0.2, 0.25) is 0 Å². The molecule has 0 saturated carbocycles. The number of hydrogen-bond acceptors (Lipinski definition) is 4. The van der Waals surface area contributed by atoms with Gasteiger partial charge in [0.25, 0.3) is 5.91 Å². The maximum atomic E-state index is 13.5. The van der Waals surface area contributed by atoms with Gasteiger partial charge in [0, 0.05) is 24.3 Å². The van der Waals surface area contributed by atoms with Crippen molar-refractivity contribution < 1.29 is 14.3 Å². The monoisotopic (exact) mass is 455 g/mol. The van der Waals surface area contributed by atoms with Gasteiger partial charge in [0.2, 0.25) is 0 Å². The quantitative estimate of drug-likeness (QED) is 0.604. The van der Waals surface area contributed by atoms with E-state index in [2.05, 4.69) is 17.4 Å². The molecule has 3 aromatic rings. The Balaban J connectivity index is 1.35. The summed E-state index contributed by atoms with van der Waals surface area (Å²) in [5, 5.41) is 3.47. The van der Waals surface area contributed by atoms with E-state index in [-0.39, 0.29) is 24.8 Å². The van der Waals surface area contributed by atoms with Crippen LogP contribution in [0, 0.1) is 0 Å². The Kier molecular flexibility index (Phi) is 6.58. The minimum Gasteiger partial charge on any atom is -0.445 e. The zero-order chi connectivity index (χ0) is 23.3. The minimum atomic E-state index is -0.311. The minimum absolute atomic E-state index is 0.0186. The average Bonchev–Trinajstić information content (AvgIpc) is 3.42. The van der Waals surface area contributed by atoms with Crippen molar-refractivity contribution in [2.75, 3.05) is 18.0 Å². The summed E-state index contributed by atoms with van der Waals surface area (Å²) in [6, 6.07) is 25.3. The molecule has 1 fully saturated rings. The van der Waals surface area contributed by atoms with Crippen LogP contribution in [0.15, 0.2) is 78.9 Å². The Morgan fingerprint density at radius 3 is 2.47 bits per heavy atom. The fourth-order valence-corrected chi connectivity index (χ4v) is 4.70. The molecule has 2 aliphatic rings. The smallest absolute Gasteiger partial charge is 0.410 e. The summed E-state index contributed by atoms with van der Waals surface area (Å²) in [5.74, 6) is -0.0186. The number of carbonyl (C=O) groups is 2. The largest absolute Gasteiger partial charge is 0.445 e. The van der Waals surface area contributed by atoms with Crippen molar-refractivity contribution in [2.24, 2.45) is 0 Å². The van der Waals surface area contributed by atoms with E-state index in [0.717, 1.165) is 42.6 Å². The predicted octanol–water partition coefficient (Wildman–Crippen LogP) is 4.74. The summed E-state index contributed by atoms with van der Waals surface area (Å²) in [6.45, 7) is 2.25. The van der Waals surface area contributed by atoms with Crippen molar-refractivity contribution in [3.05, 3.63) is 101 Å². The number of benzene rings is 3. The molecule has 1 atom stereocenters. The fourth-order valence-electron chi connectivity index (χ4n) is 4.70. The SMILES string of the molecule is O=C(OCc1ccccc1)N1CCc2ccc(N(C(=O)c3ccccc3)C3CCCN3)cc2C1. The van der Waals surface area contributed by atoms with Crippen LogP contribution in [0.25, 0.3) is 0 Å². The van der Waals surface area contributed by atoms with E-state index in [4.69, 9.17) is 4.74 Å². The highest BCUT2D eigenvalue weighted by atomic mass is 16.6. The van der Waals surface area contributed by atoms with E-state index in [1.165, 1.54) is 5.56 Å². The lowest BCUT2D eigenvalue weighted by Crippen LogP contribution is -2.46. The highest BCUT2D eigenvalue weighted by Crippen LogP contribution is 2.29. The Morgan fingerprint density at radius 1 is 0.971 bits per heavy atom. The molecule has 34 heavy (non-hydrogen) atoms. The van der Waals surface area contributed by atoms with Crippen molar-refractivity contribution in [1.29, 1.82) is 0 Å². The van der Waals surface area contributed by atoms with Gasteiger partial charge in [-0.3, -0.25) is 15.0 Å². The van der Waals surface area contributed by atoms with Gasteiger partial charge in [-0.2, -0.15) is 0 Å². The van der Waals surface area contributed by atoms with E-state index in [9.17, 15) is 9.59 Å². The molecule has 1 unspecified atom stereocenters. The van der Waals surface area contributed by atoms with Crippen LogP contribution < -0.4 is 10.2 Å². The Hall–Kier alpha value is -3.64. The van der Waals surface area contributed by atoms with E-state index < -0.39 is 0 Å². The topological polar surface area (TPSA) is 61.9 Å². The lowest BCUT2D eigenvalue weighted by molar-refractivity contribution is 0.0916. The van der Waals surface area contributed by atoms with E-state index in [1.54, 1.807) is 4.90 Å². The number of fused-ring (bicyclic) bond motifs is 1. The first-order chi connectivity index (χ1) is 16.7. The number of hydrogen-bond donors (Lipinski definition) is 1. The molecular weight excluding hydrogens is 426 g/mol. The Morgan fingerprint density at radius 2 is 1.74 bits per heavy atom. The van der Waals surface area contributed by atoms with Gasteiger partial charge in [-0.1, -0.05) is 54.6 Å². The second kappa shape index (κ2) is 10.1. The summed E-state index contributed by atoms with van der Waals surface area (Å²) in [6.07, 6.45) is 2.36. The van der Waals surface area contributed by atoms with Crippen LogP contribution in [-0.2, 0) is 24.3 Å². The second-order valence-electron chi connectivity index (χ2n) is 8.82. The third-order valence-corrected chi connectivity index (χ3v) is 6.53. The lowest BCUT2D eigenvalue weighted by Gasteiger charge is -2.32. The van der Waals surface area contributed by atoms with Crippen LogP contribution in [0.3, 0.4) is 0 Å². The number of ether oxygens (including phenoxy) is 1. The highest BCUT2D eigenvalue weighted by Gasteiger charge is 2.30. The Bertz CT molecular complexity index is 1140. The molecule has 1 saturated heterocycles. The summed E-state index contributed by atoms with van der Waals surface area (Å²) in [5.41, 5.74) is 4.76. The summed E-state index contributed by atoms with van der Waals surface area (Å²) >= 11 is 0. The molecule has 0 spiro atoms. The first-order valence-electron chi connectivity index (χ1n) is 11.9. The van der Waals surface area contributed by atoms with Crippen LogP contribution in [0.1, 0.15) is 39.9 Å². The zero-order valence-corrected chi connectivity index (χ0v) is 19.2. The van der Waals surface area contributed by atoms with Gasteiger partial charge >= 0.3 is 6.09 Å². The van der Waals surface area contributed by atoms with Crippen molar-refractivity contribution >= 4 is 17.7 Å². The molecule has 5 rings (SSSR count). The number of carbonyl (C=O) groups excluding carboxylic acids is 2. The normalized spacial score (nSPS) is 17.2. The van der Waals surface area contributed by atoms with E-state index in [0.29, 0.717) is 18.7 Å². The molecule has 0 bridgehead atoms. The van der Waals surface area contributed by atoms with Crippen LogP contribution in [-0.4, -0.2) is 36.2 Å². The molecule has 0 aliphatic carbocycles. The van der Waals surface area contributed by atoms with Gasteiger partial charge in [-0.05, 0) is 66.8 Å². The highest BCUT2D eigenvalue weighted by molar-refractivity contribution is 6.06. The average molecular weight is 456 g/mol. The standard InChI is InChI=1S/C28H29N3O3/c32-27(23-10-5-2-6-11-23)31(26-12-7-16-29-26)25-14-13-22-15-17-30(19-24(22)18-25)28(33)34-20-21-8-3-1-4-9-21/h1-6,8-11,13-14,18,26,29H,7,12,15-17,19-20H2. The first kappa shape index (κ1) is 22.2. The van der Waals surface area contributed by atoms with Gasteiger partial charge < -0.3 is 9.64 Å². The molecule has 2 heterocycles. The zero-order valence-electron chi connectivity index (χ0n) is 19.2. The van der Waals surface area contributed by atoms with Gasteiger partial charge in [0.15, 0.2) is 0 Å². The van der Waals surface area contributed by atoms with Crippen LogP contribution in [0.5, 0.6) is 0 Å². The fraction of sp³-hybridized carbons (Fsp3) is 0.286. The molecule has 1 N–H and O–H groups in total. The van der Waals surface area contributed by atoms with Crippen LogP contribution in [0.4, 0.5) is 10.5 Å². The summed E-state index contributed by atoms with van der Waals surface area (Å²) in [4.78, 5) is 29.8. The summed E-state index contributed by atoms with van der Waals surface area (Å²) < 4.78 is 5.55. The van der Waals surface area contributed by atoms with E-state index >= 15 is 0 Å². The third-order valence-electron chi connectivity index (χ3n) is 6.53. The van der Waals surface area contributed by atoms with Crippen molar-refractivity contribution in [3.8, 4) is 0 Å². The molecule has 6 heteroatoms. The molecular formula is C28H29N3O3. The molecule has 6 nitrogen and oxygen atoms in total. The van der Waals surface area contributed by atoms with Crippen molar-refractivity contribution in [2.45, 2.75) is 38.6 Å². The Labute approximate surface area is 200 Å². The third kappa shape index (κ3) is 4.82. The van der Waals surface area contributed by atoms with Gasteiger partial charge in [-0.25, -0.2) is 4.79 Å². The van der Waals surface area contributed by atoms with Crippen molar-refractivity contribution in [1.82, 2.24) is 10.2 Å². The molecule has 2 aliphatic heterocycles. The molecule has 174 valence electrons. The molecule has 0 radical (unpaired) electrons. The van der Waals surface area contributed by atoms with Gasteiger partial charge in [0.05, 0.1) is 6.17 Å². The number of amides is 2. The lowest BCUT2D eigenvalue weighted by atomic mass is 9.98. The number of anilines is 1. The van der Waals surface area contributed by atoms with E-state index in [1.807, 2.05) is 71.6 Å². The molecule has 2 amide bonds.